The van der Waals surface area contributed by atoms with Crippen LogP contribution in [0.3, 0.4) is 0 Å². The van der Waals surface area contributed by atoms with Gasteiger partial charge in [0.25, 0.3) is 0 Å². The molecule has 5 heteroatoms. The predicted molar refractivity (Wildman–Crippen MR) is 62.9 cm³/mol. The van der Waals surface area contributed by atoms with Crippen molar-refractivity contribution in [3.05, 3.63) is 17.0 Å². The number of hydrogen-bond donors (Lipinski definition) is 0. The van der Waals surface area contributed by atoms with E-state index in [1.54, 1.807) is 0 Å². The number of ether oxygens (including phenoxy) is 1. The zero-order chi connectivity index (χ0) is 11.4. The summed E-state index contributed by atoms with van der Waals surface area (Å²) in [6.07, 6.45) is 4.04. The van der Waals surface area contributed by atoms with E-state index < -0.39 is 0 Å². The second-order valence-electron chi connectivity index (χ2n) is 3.99. The van der Waals surface area contributed by atoms with Crippen molar-refractivity contribution in [1.82, 2.24) is 14.9 Å². The molecule has 0 aromatic carbocycles. The lowest BCUT2D eigenvalue weighted by molar-refractivity contribution is 0.230. The van der Waals surface area contributed by atoms with Gasteiger partial charge in [0, 0.05) is 12.1 Å². The van der Waals surface area contributed by atoms with Crippen LogP contribution in [0.15, 0.2) is 6.33 Å². The van der Waals surface area contributed by atoms with Crippen LogP contribution in [0, 0.1) is 6.92 Å². The first-order chi connectivity index (χ1) is 7.77. The summed E-state index contributed by atoms with van der Waals surface area (Å²) in [5.41, 5.74) is 0.811. The minimum Gasteiger partial charge on any atom is -0.476 e. The van der Waals surface area contributed by atoms with Crippen molar-refractivity contribution >= 4 is 11.6 Å². The van der Waals surface area contributed by atoms with Crippen molar-refractivity contribution < 1.29 is 4.74 Å². The number of rotatable bonds is 4. The van der Waals surface area contributed by atoms with Crippen LogP contribution in [-0.4, -0.2) is 41.1 Å². The van der Waals surface area contributed by atoms with Crippen LogP contribution in [-0.2, 0) is 0 Å². The average Bonchev–Trinajstić information content (AvgIpc) is 2.77. The van der Waals surface area contributed by atoms with Crippen molar-refractivity contribution in [3.8, 4) is 5.88 Å². The number of aromatic nitrogens is 2. The van der Waals surface area contributed by atoms with Crippen molar-refractivity contribution in [1.29, 1.82) is 0 Å². The molecule has 2 heterocycles. The number of hydrogen-bond acceptors (Lipinski definition) is 4. The van der Waals surface area contributed by atoms with E-state index >= 15 is 0 Å². The van der Waals surface area contributed by atoms with Gasteiger partial charge in [-0.1, -0.05) is 11.6 Å². The zero-order valence-electron chi connectivity index (χ0n) is 9.45. The molecule has 1 aliphatic heterocycles. The number of likely N-dealkylation sites (tertiary alicyclic amines) is 1. The SMILES string of the molecule is Cc1c(Cl)ncnc1OCCN1CCCC1. The molecule has 0 atom stereocenters. The Morgan fingerprint density at radius 3 is 2.88 bits per heavy atom. The predicted octanol–water partition coefficient (Wildman–Crippen LogP) is 1.91. The first kappa shape index (κ1) is 11.6. The Balaban J connectivity index is 1.82. The number of halogens is 1. The first-order valence-corrected chi connectivity index (χ1v) is 5.97. The third-order valence-corrected chi connectivity index (χ3v) is 3.20. The van der Waals surface area contributed by atoms with E-state index in [0.717, 1.165) is 12.1 Å². The van der Waals surface area contributed by atoms with E-state index in [2.05, 4.69) is 14.9 Å². The highest BCUT2D eigenvalue weighted by atomic mass is 35.5. The van der Waals surface area contributed by atoms with E-state index in [-0.39, 0.29) is 0 Å². The van der Waals surface area contributed by atoms with Crippen LogP contribution in [0.5, 0.6) is 5.88 Å². The standard InChI is InChI=1S/C11H16ClN3O/c1-9-10(12)13-8-14-11(9)16-7-6-15-4-2-3-5-15/h8H,2-7H2,1H3. The summed E-state index contributed by atoms with van der Waals surface area (Å²) in [7, 11) is 0. The zero-order valence-corrected chi connectivity index (χ0v) is 10.2. The maximum absolute atomic E-state index is 5.88. The van der Waals surface area contributed by atoms with E-state index in [4.69, 9.17) is 16.3 Å². The summed E-state index contributed by atoms with van der Waals surface area (Å²) in [4.78, 5) is 10.4. The van der Waals surface area contributed by atoms with Crippen molar-refractivity contribution in [2.24, 2.45) is 0 Å². The lowest BCUT2D eigenvalue weighted by atomic mass is 10.4. The molecule has 1 aliphatic rings. The largest absolute Gasteiger partial charge is 0.476 e. The van der Waals surface area contributed by atoms with Crippen LogP contribution >= 0.6 is 11.6 Å². The van der Waals surface area contributed by atoms with Gasteiger partial charge in [0.2, 0.25) is 5.88 Å². The Kier molecular flexibility index (Phi) is 3.96. The molecule has 0 aliphatic carbocycles. The molecular weight excluding hydrogens is 226 g/mol. The molecule has 0 unspecified atom stereocenters. The molecule has 1 fully saturated rings. The Labute approximate surface area is 101 Å². The average molecular weight is 242 g/mol. The van der Waals surface area contributed by atoms with E-state index in [1.165, 1.54) is 32.3 Å². The third kappa shape index (κ3) is 2.83. The van der Waals surface area contributed by atoms with E-state index in [9.17, 15) is 0 Å². The molecule has 0 saturated carbocycles. The monoisotopic (exact) mass is 241 g/mol. The molecular formula is C11H16ClN3O. The summed E-state index contributed by atoms with van der Waals surface area (Å²) in [5, 5.41) is 0.464. The van der Waals surface area contributed by atoms with Gasteiger partial charge in [-0.15, -0.1) is 0 Å². The van der Waals surface area contributed by atoms with Gasteiger partial charge >= 0.3 is 0 Å². The number of nitrogens with zero attached hydrogens (tertiary/aromatic N) is 3. The second kappa shape index (κ2) is 5.46. The summed E-state index contributed by atoms with van der Waals surface area (Å²) >= 11 is 5.88. The van der Waals surface area contributed by atoms with Crippen molar-refractivity contribution in [2.75, 3.05) is 26.2 Å². The molecule has 0 radical (unpaired) electrons. The molecule has 0 bridgehead atoms. The van der Waals surface area contributed by atoms with Gasteiger partial charge in [0.15, 0.2) is 0 Å². The Morgan fingerprint density at radius 1 is 1.38 bits per heavy atom. The molecule has 1 saturated heterocycles. The minimum absolute atomic E-state index is 0.464. The highest BCUT2D eigenvalue weighted by molar-refractivity contribution is 6.30. The summed E-state index contributed by atoms with van der Waals surface area (Å²) in [6.45, 7) is 5.86. The van der Waals surface area contributed by atoms with Gasteiger partial charge in [0.1, 0.15) is 18.1 Å². The molecule has 4 nitrogen and oxygen atoms in total. The molecule has 16 heavy (non-hydrogen) atoms. The molecule has 1 aromatic rings. The maximum Gasteiger partial charge on any atom is 0.220 e. The van der Waals surface area contributed by atoms with Crippen molar-refractivity contribution in [3.63, 3.8) is 0 Å². The van der Waals surface area contributed by atoms with Gasteiger partial charge in [-0.05, 0) is 32.9 Å². The Morgan fingerprint density at radius 2 is 2.12 bits per heavy atom. The summed E-state index contributed by atoms with van der Waals surface area (Å²) < 4.78 is 5.60. The first-order valence-electron chi connectivity index (χ1n) is 5.59. The van der Waals surface area contributed by atoms with Gasteiger partial charge in [-0.25, -0.2) is 9.97 Å². The van der Waals surface area contributed by atoms with E-state index in [0.29, 0.717) is 17.6 Å². The van der Waals surface area contributed by atoms with Crippen LogP contribution in [0.1, 0.15) is 18.4 Å². The van der Waals surface area contributed by atoms with E-state index in [1.807, 2.05) is 6.92 Å². The van der Waals surface area contributed by atoms with Gasteiger partial charge in [0.05, 0.1) is 0 Å². The molecule has 0 N–H and O–H groups in total. The van der Waals surface area contributed by atoms with Crippen LogP contribution in [0.4, 0.5) is 0 Å². The second-order valence-corrected chi connectivity index (χ2v) is 4.35. The fraction of sp³-hybridized carbons (Fsp3) is 0.636. The Bertz CT molecular complexity index is 353. The molecule has 88 valence electrons. The fourth-order valence-electron chi connectivity index (χ4n) is 1.84. The quantitative estimate of drug-likeness (QED) is 0.755. The minimum atomic E-state index is 0.464. The molecule has 0 amide bonds. The summed E-state index contributed by atoms with van der Waals surface area (Å²) in [6, 6.07) is 0. The van der Waals surface area contributed by atoms with Crippen molar-refractivity contribution in [2.45, 2.75) is 19.8 Å². The van der Waals surface area contributed by atoms with Gasteiger partial charge in [-0.2, -0.15) is 0 Å². The lowest BCUT2D eigenvalue weighted by Gasteiger charge is -2.15. The van der Waals surface area contributed by atoms with Crippen LogP contribution in [0.2, 0.25) is 5.15 Å². The maximum atomic E-state index is 5.88. The topological polar surface area (TPSA) is 38.3 Å². The lowest BCUT2D eigenvalue weighted by Crippen LogP contribution is -2.25. The third-order valence-electron chi connectivity index (χ3n) is 2.82. The highest BCUT2D eigenvalue weighted by Crippen LogP contribution is 2.19. The normalized spacial score (nSPS) is 16.6. The van der Waals surface area contributed by atoms with Crippen LogP contribution < -0.4 is 4.74 Å². The molecule has 0 spiro atoms. The Hall–Kier alpha value is -0.870. The van der Waals surface area contributed by atoms with Gasteiger partial charge < -0.3 is 4.74 Å². The molecule has 1 aromatic heterocycles. The van der Waals surface area contributed by atoms with Crippen LogP contribution in [0.25, 0.3) is 0 Å². The smallest absolute Gasteiger partial charge is 0.220 e. The highest BCUT2D eigenvalue weighted by Gasteiger charge is 2.11. The fourth-order valence-corrected chi connectivity index (χ4v) is 1.96. The van der Waals surface area contributed by atoms with Gasteiger partial charge in [-0.3, -0.25) is 4.90 Å². The summed E-state index contributed by atoms with van der Waals surface area (Å²) in [5.74, 6) is 0.596. The molecule has 2 rings (SSSR count).